The van der Waals surface area contributed by atoms with Crippen LogP contribution < -0.4 is 5.32 Å². The molecule has 0 fully saturated rings. The fourth-order valence-electron chi connectivity index (χ4n) is 2.40. The Labute approximate surface area is 123 Å². The highest BCUT2D eigenvalue weighted by molar-refractivity contribution is 5.19. The Hall–Kier alpha value is -0.900. The van der Waals surface area contributed by atoms with Crippen LogP contribution in [0.3, 0.4) is 0 Å². The second-order valence-electron chi connectivity index (χ2n) is 4.98. The molecule has 1 N–H and O–H groups in total. The van der Waals surface area contributed by atoms with Crippen molar-refractivity contribution >= 4 is 0 Å². The standard InChI is InChI=1S/C17H29NO2/c1-4-13-18-16(12-9-14-19-3)17(20-5-2)15-10-7-6-8-11-15/h6-8,10-11,16-18H,4-5,9,12-14H2,1-3H3. The molecule has 0 saturated carbocycles. The predicted octanol–water partition coefficient (Wildman–Crippen LogP) is 3.56. The van der Waals surface area contributed by atoms with E-state index in [-0.39, 0.29) is 6.10 Å². The maximum atomic E-state index is 6.01. The summed E-state index contributed by atoms with van der Waals surface area (Å²) < 4.78 is 11.2. The average molecular weight is 279 g/mol. The first kappa shape index (κ1) is 17.2. The first-order valence-corrected chi connectivity index (χ1v) is 7.72. The van der Waals surface area contributed by atoms with Gasteiger partial charge in [0.2, 0.25) is 0 Å². The molecule has 0 aliphatic heterocycles. The molecule has 0 spiro atoms. The Morgan fingerprint density at radius 2 is 1.90 bits per heavy atom. The van der Waals surface area contributed by atoms with Crippen LogP contribution in [0.2, 0.25) is 0 Å². The van der Waals surface area contributed by atoms with Crippen LogP contribution in [0, 0.1) is 0 Å². The Morgan fingerprint density at radius 3 is 2.50 bits per heavy atom. The molecule has 1 aromatic carbocycles. The monoisotopic (exact) mass is 279 g/mol. The lowest BCUT2D eigenvalue weighted by atomic mass is 9.98. The molecule has 20 heavy (non-hydrogen) atoms. The Balaban J connectivity index is 2.74. The molecule has 0 aromatic heterocycles. The minimum absolute atomic E-state index is 0.115. The molecule has 114 valence electrons. The molecule has 2 atom stereocenters. The minimum atomic E-state index is 0.115. The maximum absolute atomic E-state index is 6.01. The van der Waals surface area contributed by atoms with Crippen molar-refractivity contribution in [1.29, 1.82) is 0 Å². The third-order valence-electron chi connectivity index (χ3n) is 3.36. The SMILES string of the molecule is CCCNC(CCCOC)C(OCC)c1ccccc1. The molecule has 0 heterocycles. The van der Waals surface area contributed by atoms with Crippen LogP contribution in [0.25, 0.3) is 0 Å². The van der Waals surface area contributed by atoms with E-state index < -0.39 is 0 Å². The van der Waals surface area contributed by atoms with Crippen molar-refractivity contribution in [3.05, 3.63) is 35.9 Å². The van der Waals surface area contributed by atoms with Gasteiger partial charge in [0.05, 0.1) is 6.10 Å². The number of hydrogen-bond acceptors (Lipinski definition) is 3. The second kappa shape index (κ2) is 10.8. The number of nitrogens with one attached hydrogen (secondary N) is 1. The van der Waals surface area contributed by atoms with Gasteiger partial charge in [0.1, 0.15) is 0 Å². The molecule has 0 aliphatic carbocycles. The highest BCUT2D eigenvalue weighted by Crippen LogP contribution is 2.24. The van der Waals surface area contributed by atoms with Gasteiger partial charge >= 0.3 is 0 Å². The lowest BCUT2D eigenvalue weighted by Gasteiger charge is -2.28. The zero-order valence-electron chi connectivity index (χ0n) is 13.1. The summed E-state index contributed by atoms with van der Waals surface area (Å²) in [5.41, 5.74) is 1.25. The summed E-state index contributed by atoms with van der Waals surface area (Å²) >= 11 is 0. The van der Waals surface area contributed by atoms with Crippen molar-refractivity contribution < 1.29 is 9.47 Å². The smallest absolute Gasteiger partial charge is 0.0977 e. The van der Waals surface area contributed by atoms with E-state index in [2.05, 4.69) is 43.4 Å². The summed E-state index contributed by atoms with van der Waals surface area (Å²) in [6.07, 6.45) is 3.36. The number of methoxy groups -OCH3 is 1. The van der Waals surface area contributed by atoms with E-state index in [4.69, 9.17) is 9.47 Å². The van der Waals surface area contributed by atoms with Gasteiger partial charge in [-0.15, -0.1) is 0 Å². The van der Waals surface area contributed by atoms with E-state index in [0.717, 1.165) is 39.0 Å². The minimum Gasteiger partial charge on any atom is -0.385 e. The van der Waals surface area contributed by atoms with Crippen molar-refractivity contribution in [1.82, 2.24) is 5.32 Å². The van der Waals surface area contributed by atoms with Gasteiger partial charge in [-0.2, -0.15) is 0 Å². The van der Waals surface area contributed by atoms with Gasteiger partial charge in [0.25, 0.3) is 0 Å². The van der Waals surface area contributed by atoms with Crippen LogP contribution in [0.5, 0.6) is 0 Å². The third-order valence-corrected chi connectivity index (χ3v) is 3.36. The van der Waals surface area contributed by atoms with Gasteiger partial charge in [-0.1, -0.05) is 37.3 Å². The van der Waals surface area contributed by atoms with Crippen molar-refractivity contribution in [2.45, 2.75) is 45.3 Å². The normalized spacial score (nSPS) is 14.2. The number of hydrogen-bond donors (Lipinski definition) is 1. The van der Waals surface area contributed by atoms with Gasteiger partial charge in [-0.25, -0.2) is 0 Å². The number of benzene rings is 1. The van der Waals surface area contributed by atoms with E-state index in [9.17, 15) is 0 Å². The molecule has 2 unspecified atom stereocenters. The quantitative estimate of drug-likeness (QED) is 0.628. The van der Waals surface area contributed by atoms with Crippen molar-refractivity contribution in [2.24, 2.45) is 0 Å². The summed E-state index contributed by atoms with van der Waals surface area (Å²) in [6.45, 7) is 6.81. The fourth-order valence-corrected chi connectivity index (χ4v) is 2.40. The van der Waals surface area contributed by atoms with Gasteiger partial charge in [-0.05, 0) is 38.3 Å². The van der Waals surface area contributed by atoms with Gasteiger partial charge in [-0.3, -0.25) is 0 Å². The highest BCUT2D eigenvalue weighted by atomic mass is 16.5. The average Bonchev–Trinajstić information content (AvgIpc) is 2.50. The van der Waals surface area contributed by atoms with Crippen LogP contribution in [0.4, 0.5) is 0 Å². The van der Waals surface area contributed by atoms with Gasteiger partial charge in [0, 0.05) is 26.4 Å². The maximum Gasteiger partial charge on any atom is 0.0977 e. The van der Waals surface area contributed by atoms with E-state index in [1.165, 1.54) is 5.56 Å². The van der Waals surface area contributed by atoms with Crippen molar-refractivity contribution in [2.75, 3.05) is 26.9 Å². The largest absolute Gasteiger partial charge is 0.385 e. The molecule has 1 aromatic rings. The van der Waals surface area contributed by atoms with E-state index in [1.54, 1.807) is 7.11 Å². The molecular formula is C17H29NO2. The van der Waals surface area contributed by atoms with Crippen molar-refractivity contribution in [3.63, 3.8) is 0 Å². The summed E-state index contributed by atoms with van der Waals surface area (Å²) in [7, 11) is 1.76. The Morgan fingerprint density at radius 1 is 1.15 bits per heavy atom. The molecule has 3 nitrogen and oxygen atoms in total. The molecule has 0 saturated heterocycles. The van der Waals surface area contributed by atoms with E-state index in [1.807, 2.05) is 6.07 Å². The molecule has 1 rings (SSSR count). The lowest BCUT2D eigenvalue weighted by Crippen LogP contribution is -2.37. The van der Waals surface area contributed by atoms with Crippen LogP contribution >= 0.6 is 0 Å². The van der Waals surface area contributed by atoms with Crippen LogP contribution in [0.1, 0.15) is 44.8 Å². The number of ether oxygens (including phenoxy) is 2. The van der Waals surface area contributed by atoms with Gasteiger partial charge in [0.15, 0.2) is 0 Å². The molecule has 0 amide bonds. The topological polar surface area (TPSA) is 30.5 Å². The first-order valence-electron chi connectivity index (χ1n) is 7.72. The summed E-state index contributed by atoms with van der Waals surface area (Å²) in [4.78, 5) is 0. The highest BCUT2D eigenvalue weighted by Gasteiger charge is 2.22. The summed E-state index contributed by atoms with van der Waals surface area (Å²) in [5.74, 6) is 0. The van der Waals surface area contributed by atoms with Gasteiger partial charge < -0.3 is 14.8 Å². The van der Waals surface area contributed by atoms with Crippen molar-refractivity contribution in [3.8, 4) is 0 Å². The number of rotatable bonds is 11. The lowest BCUT2D eigenvalue weighted by molar-refractivity contribution is 0.0284. The Kier molecular flexibility index (Phi) is 9.29. The summed E-state index contributed by atoms with van der Waals surface area (Å²) in [5, 5.41) is 3.63. The Bertz CT molecular complexity index is 329. The third kappa shape index (κ3) is 6.04. The molecule has 0 aliphatic rings. The zero-order valence-corrected chi connectivity index (χ0v) is 13.1. The van der Waals surface area contributed by atoms with E-state index >= 15 is 0 Å². The van der Waals surface area contributed by atoms with E-state index in [0.29, 0.717) is 6.04 Å². The first-order chi connectivity index (χ1) is 9.83. The summed E-state index contributed by atoms with van der Waals surface area (Å²) in [6, 6.07) is 10.8. The van der Waals surface area contributed by atoms with Crippen LogP contribution in [0.15, 0.2) is 30.3 Å². The molecule has 3 heteroatoms. The molecule has 0 radical (unpaired) electrons. The molecular weight excluding hydrogens is 250 g/mol. The second-order valence-corrected chi connectivity index (χ2v) is 4.98. The zero-order chi connectivity index (χ0) is 14.6. The fraction of sp³-hybridized carbons (Fsp3) is 0.647. The van der Waals surface area contributed by atoms with Crippen LogP contribution in [-0.2, 0) is 9.47 Å². The predicted molar refractivity (Wildman–Crippen MR) is 84.0 cm³/mol. The van der Waals surface area contributed by atoms with Crippen LogP contribution in [-0.4, -0.2) is 32.9 Å². The molecule has 0 bridgehead atoms.